The standard InChI is InChI=1S/C17H21N3/c1-3-5-12-6-4-7-14(10-12)15-11-16(18-2)20-17(19-15)13-8-9-13/h4,6-7,10-11,13H,3,5,8-9H2,1-2H3,(H,18,19,20). The van der Waals surface area contributed by atoms with Crippen molar-refractivity contribution in [3.63, 3.8) is 0 Å². The lowest BCUT2D eigenvalue weighted by Crippen LogP contribution is -2.00. The van der Waals surface area contributed by atoms with Gasteiger partial charge in [-0.1, -0.05) is 31.5 Å². The SMILES string of the molecule is CCCc1cccc(-c2cc(NC)nc(C3CC3)n2)c1. The van der Waals surface area contributed by atoms with E-state index >= 15 is 0 Å². The zero-order valence-electron chi connectivity index (χ0n) is 12.2. The fourth-order valence-corrected chi connectivity index (χ4v) is 2.44. The van der Waals surface area contributed by atoms with E-state index in [2.05, 4.69) is 41.5 Å². The summed E-state index contributed by atoms with van der Waals surface area (Å²) in [6.45, 7) is 2.21. The van der Waals surface area contributed by atoms with Crippen molar-refractivity contribution in [2.45, 2.75) is 38.5 Å². The van der Waals surface area contributed by atoms with Crippen molar-refractivity contribution in [3.05, 3.63) is 41.7 Å². The van der Waals surface area contributed by atoms with Crippen LogP contribution in [0.5, 0.6) is 0 Å². The van der Waals surface area contributed by atoms with E-state index in [1.54, 1.807) is 0 Å². The van der Waals surface area contributed by atoms with Crippen molar-refractivity contribution in [2.24, 2.45) is 0 Å². The summed E-state index contributed by atoms with van der Waals surface area (Å²) >= 11 is 0. The summed E-state index contributed by atoms with van der Waals surface area (Å²) in [6.07, 6.45) is 4.74. The molecule has 0 amide bonds. The number of rotatable bonds is 5. The van der Waals surface area contributed by atoms with Crippen LogP contribution in [-0.2, 0) is 6.42 Å². The molecule has 1 aromatic heterocycles. The van der Waals surface area contributed by atoms with Gasteiger partial charge >= 0.3 is 0 Å². The van der Waals surface area contributed by atoms with Gasteiger partial charge in [0.25, 0.3) is 0 Å². The van der Waals surface area contributed by atoms with Gasteiger partial charge in [-0.3, -0.25) is 0 Å². The molecule has 2 aromatic rings. The zero-order chi connectivity index (χ0) is 13.9. The van der Waals surface area contributed by atoms with E-state index in [1.807, 2.05) is 13.1 Å². The van der Waals surface area contributed by atoms with Gasteiger partial charge in [-0.15, -0.1) is 0 Å². The van der Waals surface area contributed by atoms with Gasteiger partial charge in [-0.2, -0.15) is 0 Å². The van der Waals surface area contributed by atoms with E-state index in [9.17, 15) is 0 Å². The van der Waals surface area contributed by atoms with Crippen molar-refractivity contribution in [1.82, 2.24) is 9.97 Å². The van der Waals surface area contributed by atoms with Crippen molar-refractivity contribution in [1.29, 1.82) is 0 Å². The monoisotopic (exact) mass is 267 g/mol. The summed E-state index contributed by atoms with van der Waals surface area (Å²) < 4.78 is 0. The fourth-order valence-electron chi connectivity index (χ4n) is 2.44. The molecule has 0 bridgehead atoms. The molecule has 1 aliphatic carbocycles. The van der Waals surface area contributed by atoms with Crippen molar-refractivity contribution in [2.75, 3.05) is 12.4 Å². The minimum Gasteiger partial charge on any atom is -0.373 e. The summed E-state index contributed by atoms with van der Waals surface area (Å²) in [6, 6.07) is 10.7. The summed E-state index contributed by atoms with van der Waals surface area (Å²) in [5, 5.41) is 3.15. The lowest BCUT2D eigenvalue weighted by molar-refractivity contribution is 0.919. The van der Waals surface area contributed by atoms with E-state index in [4.69, 9.17) is 4.98 Å². The number of nitrogens with one attached hydrogen (secondary N) is 1. The quantitative estimate of drug-likeness (QED) is 0.889. The van der Waals surface area contributed by atoms with E-state index < -0.39 is 0 Å². The molecule has 0 unspecified atom stereocenters. The predicted octanol–water partition coefficient (Wildman–Crippen LogP) is 4.02. The smallest absolute Gasteiger partial charge is 0.134 e. The molecule has 1 heterocycles. The number of hydrogen-bond acceptors (Lipinski definition) is 3. The van der Waals surface area contributed by atoms with Gasteiger partial charge in [-0.25, -0.2) is 9.97 Å². The normalized spacial score (nSPS) is 14.3. The third kappa shape index (κ3) is 2.82. The highest BCUT2D eigenvalue weighted by Gasteiger charge is 2.27. The van der Waals surface area contributed by atoms with Gasteiger partial charge in [0, 0.05) is 24.6 Å². The van der Waals surface area contributed by atoms with Crippen LogP contribution in [0.4, 0.5) is 5.82 Å². The van der Waals surface area contributed by atoms with Gasteiger partial charge in [0.05, 0.1) is 5.69 Å². The number of aromatic nitrogens is 2. The predicted molar refractivity (Wildman–Crippen MR) is 83.0 cm³/mol. The Morgan fingerprint density at radius 1 is 1.20 bits per heavy atom. The molecule has 0 aliphatic heterocycles. The third-order valence-electron chi connectivity index (χ3n) is 3.70. The number of anilines is 1. The Kier molecular flexibility index (Phi) is 3.68. The Bertz CT molecular complexity index is 603. The maximum Gasteiger partial charge on any atom is 0.134 e. The van der Waals surface area contributed by atoms with E-state index in [0.717, 1.165) is 23.8 Å². The van der Waals surface area contributed by atoms with Crippen LogP contribution in [0.2, 0.25) is 0 Å². The molecule has 20 heavy (non-hydrogen) atoms. The molecule has 1 aliphatic rings. The molecule has 0 radical (unpaired) electrons. The molecular weight excluding hydrogens is 246 g/mol. The maximum absolute atomic E-state index is 4.76. The van der Waals surface area contributed by atoms with Crippen LogP contribution < -0.4 is 5.32 Å². The molecule has 1 saturated carbocycles. The van der Waals surface area contributed by atoms with E-state index in [-0.39, 0.29) is 0 Å². The average molecular weight is 267 g/mol. The van der Waals surface area contributed by atoms with Gasteiger partial charge < -0.3 is 5.32 Å². The minimum atomic E-state index is 0.570. The molecule has 104 valence electrons. The van der Waals surface area contributed by atoms with Gasteiger partial charge in [0.1, 0.15) is 11.6 Å². The number of aryl methyl sites for hydroxylation is 1. The first-order valence-electron chi connectivity index (χ1n) is 7.46. The zero-order valence-corrected chi connectivity index (χ0v) is 12.2. The second-order valence-electron chi connectivity index (χ2n) is 5.47. The van der Waals surface area contributed by atoms with Gasteiger partial charge in [-0.05, 0) is 30.9 Å². The van der Waals surface area contributed by atoms with Gasteiger partial charge in [0.15, 0.2) is 0 Å². The van der Waals surface area contributed by atoms with Crippen molar-refractivity contribution in [3.8, 4) is 11.3 Å². The second-order valence-corrected chi connectivity index (χ2v) is 5.47. The van der Waals surface area contributed by atoms with E-state index in [0.29, 0.717) is 5.92 Å². The van der Waals surface area contributed by atoms with Gasteiger partial charge in [0.2, 0.25) is 0 Å². The summed E-state index contributed by atoms with van der Waals surface area (Å²) in [5.41, 5.74) is 3.60. The fraction of sp³-hybridized carbons (Fsp3) is 0.412. The average Bonchev–Trinajstić information content (AvgIpc) is 3.32. The van der Waals surface area contributed by atoms with Crippen LogP contribution in [0.15, 0.2) is 30.3 Å². The molecule has 3 rings (SSSR count). The summed E-state index contributed by atoms with van der Waals surface area (Å²) in [5.74, 6) is 2.48. The molecule has 1 fully saturated rings. The molecule has 1 aromatic carbocycles. The molecule has 3 heteroatoms. The van der Waals surface area contributed by atoms with Crippen LogP contribution in [-0.4, -0.2) is 17.0 Å². The Morgan fingerprint density at radius 3 is 2.75 bits per heavy atom. The van der Waals surface area contributed by atoms with E-state index in [1.165, 1.54) is 30.4 Å². The van der Waals surface area contributed by atoms with Crippen LogP contribution in [0.3, 0.4) is 0 Å². The highest BCUT2D eigenvalue weighted by molar-refractivity contribution is 5.63. The largest absolute Gasteiger partial charge is 0.373 e. The first-order chi connectivity index (χ1) is 9.80. The number of benzene rings is 1. The second kappa shape index (κ2) is 5.61. The molecule has 1 N–H and O–H groups in total. The number of hydrogen-bond donors (Lipinski definition) is 1. The highest BCUT2D eigenvalue weighted by Crippen LogP contribution is 2.39. The topological polar surface area (TPSA) is 37.8 Å². The van der Waals surface area contributed by atoms with Crippen LogP contribution in [0.25, 0.3) is 11.3 Å². The first kappa shape index (κ1) is 13.1. The Balaban J connectivity index is 1.99. The number of nitrogens with zero attached hydrogens (tertiary/aromatic N) is 2. The van der Waals surface area contributed by atoms with Crippen molar-refractivity contribution < 1.29 is 0 Å². The summed E-state index contributed by atoms with van der Waals surface area (Å²) in [4.78, 5) is 9.34. The third-order valence-corrected chi connectivity index (χ3v) is 3.70. The highest BCUT2D eigenvalue weighted by atomic mass is 15.0. The maximum atomic E-state index is 4.76. The van der Waals surface area contributed by atoms with Crippen molar-refractivity contribution >= 4 is 5.82 Å². The van der Waals surface area contributed by atoms with Crippen LogP contribution >= 0.6 is 0 Å². The minimum absolute atomic E-state index is 0.570. The lowest BCUT2D eigenvalue weighted by atomic mass is 10.0. The Hall–Kier alpha value is -1.90. The Labute approximate surface area is 120 Å². The molecule has 0 spiro atoms. The van der Waals surface area contributed by atoms with Crippen LogP contribution in [0, 0.1) is 0 Å². The van der Waals surface area contributed by atoms with Crippen LogP contribution in [0.1, 0.15) is 43.5 Å². The Morgan fingerprint density at radius 2 is 2.05 bits per heavy atom. The molecular formula is C17H21N3. The first-order valence-corrected chi connectivity index (χ1v) is 7.46. The molecule has 0 atom stereocenters. The lowest BCUT2D eigenvalue weighted by Gasteiger charge is -2.08. The summed E-state index contributed by atoms with van der Waals surface area (Å²) in [7, 11) is 1.91. The molecule has 3 nitrogen and oxygen atoms in total. The molecule has 0 saturated heterocycles.